The molecule has 35 heavy (non-hydrogen) atoms. The van der Waals surface area contributed by atoms with Crippen molar-refractivity contribution in [2.75, 3.05) is 26.2 Å². The summed E-state index contributed by atoms with van der Waals surface area (Å²) in [6.45, 7) is 8.96. The van der Waals surface area contributed by atoms with E-state index >= 15 is 0 Å². The minimum atomic E-state index is -0.0818. The summed E-state index contributed by atoms with van der Waals surface area (Å²) in [5.41, 5.74) is 4.96. The van der Waals surface area contributed by atoms with Crippen LogP contribution in [0.4, 0.5) is 0 Å². The number of amides is 2. The highest BCUT2D eigenvalue weighted by atomic mass is 16.2. The number of hydrogen-bond acceptors (Lipinski definition) is 5. The van der Waals surface area contributed by atoms with Crippen LogP contribution in [-0.4, -0.2) is 73.1 Å². The fourth-order valence-electron chi connectivity index (χ4n) is 5.00. The number of aromatic amines is 1. The standard InChI is InChI=1S/C19H18N6O.C7H11NO.2H2/c1-19(5-8-24(11-19)12-26)17-9-14-13(4-7-20-18(14)23-17)15-10-22-25-16(15)3-2-6-21-25;1-2-7(9)8-5-3-4-6-8;;/h2-4,6-7,9-10,12H,5,8,11H2,1H3,(H,20,23);2H,1,3-6H2;2*1H. The van der Waals surface area contributed by atoms with E-state index in [1.807, 2.05) is 40.4 Å². The summed E-state index contributed by atoms with van der Waals surface area (Å²) in [7, 11) is 0. The zero-order valence-corrected chi connectivity index (χ0v) is 19.9. The van der Waals surface area contributed by atoms with Crippen molar-refractivity contribution in [2.45, 2.75) is 31.6 Å². The third-order valence-electron chi connectivity index (χ3n) is 7.02. The van der Waals surface area contributed by atoms with Crippen LogP contribution in [0, 0.1) is 0 Å². The maximum atomic E-state index is 11.1. The Bertz CT molecular complexity index is 1400. The molecule has 1 N–H and O–H groups in total. The summed E-state index contributed by atoms with van der Waals surface area (Å²) in [5, 5.41) is 9.66. The molecular weight excluding hydrogens is 442 g/mol. The topological polar surface area (TPSA) is 99.5 Å². The first-order chi connectivity index (χ1) is 17.0. The Hall–Kier alpha value is -4.01. The number of carbonyl (C=O) groups excluding carboxylic acids is 2. The second kappa shape index (κ2) is 9.32. The average Bonchev–Trinajstić information content (AvgIpc) is 3.69. The quantitative estimate of drug-likeness (QED) is 0.359. The highest BCUT2D eigenvalue weighted by molar-refractivity contribution is 5.97. The van der Waals surface area contributed by atoms with Crippen molar-refractivity contribution in [1.82, 2.24) is 34.6 Å². The number of nitrogens with zero attached hydrogens (tertiary/aromatic N) is 6. The van der Waals surface area contributed by atoms with Gasteiger partial charge in [-0.25, -0.2) is 4.98 Å². The largest absolute Gasteiger partial charge is 0.344 e. The molecule has 2 amide bonds. The van der Waals surface area contributed by atoms with Gasteiger partial charge in [0, 0.05) is 63.5 Å². The van der Waals surface area contributed by atoms with E-state index in [4.69, 9.17) is 0 Å². The van der Waals surface area contributed by atoms with Gasteiger partial charge in [0.1, 0.15) is 5.65 Å². The average molecular weight is 476 g/mol. The number of likely N-dealkylation sites (tertiary alicyclic amines) is 2. The molecule has 0 saturated carbocycles. The lowest BCUT2D eigenvalue weighted by atomic mass is 9.86. The lowest BCUT2D eigenvalue weighted by Gasteiger charge is -2.21. The van der Waals surface area contributed by atoms with Gasteiger partial charge in [0.15, 0.2) is 0 Å². The molecule has 1 unspecified atom stereocenters. The summed E-state index contributed by atoms with van der Waals surface area (Å²) in [6.07, 6.45) is 10.9. The molecule has 4 aromatic heterocycles. The number of nitrogens with one attached hydrogen (secondary N) is 1. The van der Waals surface area contributed by atoms with Crippen LogP contribution >= 0.6 is 0 Å². The Morgan fingerprint density at radius 3 is 2.74 bits per heavy atom. The molecule has 6 heterocycles. The summed E-state index contributed by atoms with van der Waals surface area (Å²) < 4.78 is 1.63. The molecule has 2 aliphatic rings. The maximum absolute atomic E-state index is 11.1. The number of rotatable bonds is 4. The van der Waals surface area contributed by atoms with E-state index in [0.717, 1.165) is 85.2 Å². The summed E-state index contributed by atoms with van der Waals surface area (Å²) >= 11 is 0. The first-order valence-corrected chi connectivity index (χ1v) is 11.9. The number of fused-ring (bicyclic) bond motifs is 2. The zero-order valence-electron chi connectivity index (χ0n) is 19.9. The number of H-pyrrole nitrogens is 1. The lowest BCUT2D eigenvalue weighted by molar-refractivity contribution is -0.125. The summed E-state index contributed by atoms with van der Waals surface area (Å²) in [5.74, 6) is 0.0764. The van der Waals surface area contributed by atoms with Crippen molar-refractivity contribution in [3.05, 3.63) is 61.2 Å². The van der Waals surface area contributed by atoms with Gasteiger partial charge in [-0.3, -0.25) is 9.59 Å². The molecule has 2 saturated heterocycles. The molecule has 0 aliphatic carbocycles. The van der Waals surface area contributed by atoms with Gasteiger partial charge in [-0.15, -0.1) is 0 Å². The van der Waals surface area contributed by atoms with Crippen LogP contribution in [-0.2, 0) is 15.0 Å². The van der Waals surface area contributed by atoms with E-state index < -0.39 is 0 Å². The highest BCUT2D eigenvalue weighted by Crippen LogP contribution is 2.37. The molecule has 184 valence electrons. The van der Waals surface area contributed by atoms with Crippen LogP contribution < -0.4 is 0 Å². The number of aromatic nitrogens is 5. The van der Waals surface area contributed by atoms with Crippen LogP contribution in [0.5, 0.6) is 0 Å². The van der Waals surface area contributed by atoms with Gasteiger partial charge in [0.05, 0.1) is 11.7 Å². The predicted octanol–water partition coefficient (Wildman–Crippen LogP) is 3.68. The number of hydrogen-bond donors (Lipinski definition) is 1. The maximum Gasteiger partial charge on any atom is 0.245 e. The Labute approximate surface area is 206 Å². The molecule has 2 aliphatic heterocycles. The fraction of sp³-hybridized carbons (Fsp3) is 0.346. The fourth-order valence-corrected chi connectivity index (χ4v) is 5.00. The molecular formula is C26H33N7O2. The first kappa shape index (κ1) is 22.8. The van der Waals surface area contributed by atoms with Crippen molar-refractivity contribution >= 4 is 28.9 Å². The second-order valence-electron chi connectivity index (χ2n) is 9.38. The monoisotopic (exact) mass is 475 g/mol. The van der Waals surface area contributed by atoms with Crippen LogP contribution in [0.3, 0.4) is 0 Å². The Morgan fingerprint density at radius 2 is 2.00 bits per heavy atom. The second-order valence-corrected chi connectivity index (χ2v) is 9.38. The zero-order chi connectivity index (χ0) is 24.4. The molecule has 1 atom stereocenters. The van der Waals surface area contributed by atoms with Gasteiger partial charge < -0.3 is 14.8 Å². The molecule has 0 spiro atoms. The Balaban J connectivity index is 0.000000297. The number of pyridine rings is 1. The van der Waals surface area contributed by atoms with E-state index in [1.54, 1.807) is 10.8 Å². The normalized spacial score (nSPS) is 19.7. The molecule has 0 bridgehead atoms. The van der Waals surface area contributed by atoms with Crippen molar-refractivity contribution < 1.29 is 12.4 Å². The SMILES string of the molecule is C=CC(=O)N1CCCC1.CC1(c2cc3c(-c4cnn5ncccc45)ccnc3[nH]2)CCN(C=O)C1.[HH].[HH]. The van der Waals surface area contributed by atoms with Gasteiger partial charge in [0.2, 0.25) is 12.3 Å². The molecule has 4 aromatic rings. The Morgan fingerprint density at radius 1 is 1.17 bits per heavy atom. The van der Waals surface area contributed by atoms with Crippen molar-refractivity contribution in [3.8, 4) is 11.1 Å². The van der Waals surface area contributed by atoms with Crippen molar-refractivity contribution in [2.24, 2.45) is 0 Å². The third kappa shape index (κ3) is 4.29. The Kier molecular flexibility index (Phi) is 6.07. The van der Waals surface area contributed by atoms with Gasteiger partial charge in [-0.1, -0.05) is 13.5 Å². The van der Waals surface area contributed by atoms with Gasteiger partial charge in [-0.05, 0) is 55.2 Å². The van der Waals surface area contributed by atoms with E-state index in [2.05, 4.69) is 39.7 Å². The molecule has 6 rings (SSSR count). The van der Waals surface area contributed by atoms with Crippen LogP contribution in [0.2, 0.25) is 0 Å². The molecule has 9 nitrogen and oxygen atoms in total. The minimum absolute atomic E-state index is 0. The predicted molar refractivity (Wildman–Crippen MR) is 138 cm³/mol. The smallest absolute Gasteiger partial charge is 0.245 e. The van der Waals surface area contributed by atoms with Crippen molar-refractivity contribution in [1.29, 1.82) is 0 Å². The van der Waals surface area contributed by atoms with Gasteiger partial charge in [-0.2, -0.15) is 14.8 Å². The number of carbonyl (C=O) groups is 2. The minimum Gasteiger partial charge on any atom is -0.344 e. The lowest BCUT2D eigenvalue weighted by Crippen LogP contribution is -2.27. The molecule has 9 heteroatoms. The van der Waals surface area contributed by atoms with E-state index in [0.29, 0.717) is 0 Å². The van der Waals surface area contributed by atoms with E-state index in [-0.39, 0.29) is 14.2 Å². The highest BCUT2D eigenvalue weighted by Gasteiger charge is 2.36. The van der Waals surface area contributed by atoms with E-state index in [9.17, 15) is 9.59 Å². The van der Waals surface area contributed by atoms with Gasteiger partial charge >= 0.3 is 0 Å². The third-order valence-corrected chi connectivity index (χ3v) is 7.02. The van der Waals surface area contributed by atoms with Gasteiger partial charge in [0.25, 0.3) is 0 Å². The summed E-state index contributed by atoms with van der Waals surface area (Å²) in [6, 6.07) is 8.11. The summed E-state index contributed by atoms with van der Waals surface area (Å²) in [4.78, 5) is 33.6. The molecule has 0 aromatic carbocycles. The van der Waals surface area contributed by atoms with Crippen LogP contribution in [0.1, 0.15) is 34.7 Å². The first-order valence-electron chi connectivity index (χ1n) is 11.9. The molecule has 0 radical (unpaired) electrons. The van der Waals surface area contributed by atoms with Crippen molar-refractivity contribution in [3.63, 3.8) is 0 Å². The van der Waals surface area contributed by atoms with Crippen LogP contribution in [0.15, 0.2) is 55.5 Å². The molecule has 2 fully saturated rings. The van der Waals surface area contributed by atoms with Crippen LogP contribution in [0.25, 0.3) is 27.7 Å². The van der Waals surface area contributed by atoms with E-state index in [1.165, 1.54) is 6.08 Å².